The predicted molar refractivity (Wildman–Crippen MR) is 109 cm³/mol. The summed E-state index contributed by atoms with van der Waals surface area (Å²) in [6, 6.07) is 15.6. The van der Waals surface area contributed by atoms with E-state index in [1.807, 2.05) is 23.1 Å². The standard InChI is InChI=1S/C23H26N2O3/c26-22(16-25-14-11-18-5-2-4-8-21(18)25)24-12-9-17(10-13-24)15-19-6-1-3-7-20(19)23(27)28/h1-8,17H,9-16H2,(H,27,28). The third kappa shape index (κ3) is 3.88. The van der Waals surface area contributed by atoms with E-state index in [1.165, 1.54) is 11.3 Å². The van der Waals surface area contributed by atoms with Gasteiger partial charge in [0.1, 0.15) is 0 Å². The van der Waals surface area contributed by atoms with Gasteiger partial charge in [0.25, 0.3) is 0 Å². The second kappa shape index (κ2) is 8.05. The van der Waals surface area contributed by atoms with E-state index in [4.69, 9.17) is 0 Å². The molecule has 0 bridgehead atoms. The first-order valence-electron chi connectivity index (χ1n) is 10.0. The summed E-state index contributed by atoms with van der Waals surface area (Å²) in [5.41, 5.74) is 3.81. The van der Waals surface area contributed by atoms with Crippen LogP contribution in [0.4, 0.5) is 5.69 Å². The molecule has 0 aromatic heterocycles. The summed E-state index contributed by atoms with van der Waals surface area (Å²) in [5, 5.41) is 9.36. The van der Waals surface area contributed by atoms with Gasteiger partial charge in [-0.25, -0.2) is 4.79 Å². The molecule has 5 nitrogen and oxygen atoms in total. The number of carbonyl (C=O) groups is 2. The number of piperidine rings is 1. The third-order valence-electron chi connectivity index (χ3n) is 6.03. The van der Waals surface area contributed by atoms with Gasteiger partial charge in [-0.3, -0.25) is 4.79 Å². The number of fused-ring (bicyclic) bond motifs is 1. The number of carboxylic acids is 1. The first-order chi connectivity index (χ1) is 13.6. The second-order valence-corrected chi connectivity index (χ2v) is 7.79. The molecule has 2 aliphatic rings. The summed E-state index contributed by atoms with van der Waals surface area (Å²) in [4.78, 5) is 28.3. The van der Waals surface area contributed by atoms with E-state index >= 15 is 0 Å². The maximum Gasteiger partial charge on any atom is 0.335 e. The Labute approximate surface area is 165 Å². The van der Waals surface area contributed by atoms with Crippen LogP contribution in [0.2, 0.25) is 0 Å². The van der Waals surface area contributed by atoms with Gasteiger partial charge in [0.05, 0.1) is 12.1 Å². The number of benzene rings is 2. The van der Waals surface area contributed by atoms with Gasteiger partial charge in [-0.2, -0.15) is 0 Å². The molecule has 146 valence electrons. The van der Waals surface area contributed by atoms with Crippen LogP contribution in [0.5, 0.6) is 0 Å². The highest BCUT2D eigenvalue weighted by molar-refractivity contribution is 5.89. The molecule has 5 heteroatoms. The number of anilines is 1. The van der Waals surface area contributed by atoms with Gasteiger partial charge in [-0.15, -0.1) is 0 Å². The van der Waals surface area contributed by atoms with Gasteiger partial charge in [-0.05, 0) is 54.9 Å². The van der Waals surface area contributed by atoms with Gasteiger partial charge in [0.2, 0.25) is 5.91 Å². The fraction of sp³-hybridized carbons (Fsp3) is 0.391. The lowest BCUT2D eigenvalue weighted by molar-refractivity contribution is -0.131. The minimum absolute atomic E-state index is 0.195. The molecular formula is C23H26N2O3. The average molecular weight is 378 g/mol. The van der Waals surface area contributed by atoms with Gasteiger partial charge in [-0.1, -0.05) is 36.4 Å². The highest BCUT2D eigenvalue weighted by Crippen LogP contribution is 2.28. The predicted octanol–water partition coefficient (Wildman–Crippen LogP) is 3.23. The first-order valence-corrected chi connectivity index (χ1v) is 10.0. The van der Waals surface area contributed by atoms with Crippen molar-refractivity contribution in [2.24, 2.45) is 5.92 Å². The highest BCUT2D eigenvalue weighted by atomic mass is 16.4. The van der Waals surface area contributed by atoms with E-state index in [9.17, 15) is 14.7 Å². The minimum atomic E-state index is -0.867. The lowest BCUT2D eigenvalue weighted by Crippen LogP contribution is -2.44. The van der Waals surface area contributed by atoms with Crippen molar-refractivity contribution in [3.63, 3.8) is 0 Å². The number of hydrogen-bond donors (Lipinski definition) is 1. The van der Waals surface area contributed by atoms with E-state index in [-0.39, 0.29) is 5.91 Å². The normalized spacial score (nSPS) is 16.9. The zero-order valence-corrected chi connectivity index (χ0v) is 16.0. The molecule has 0 spiro atoms. The molecule has 28 heavy (non-hydrogen) atoms. The van der Waals surface area contributed by atoms with Crippen LogP contribution in [-0.2, 0) is 17.6 Å². The number of aromatic carboxylic acids is 1. The SMILES string of the molecule is O=C(O)c1ccccc1CC1CCN(C(=O)CN2CCc3ccccc32)CC1. The summed E-state index contributed by atoms with van der Waals surface area (Å²) in [5.74, 6) is -0.243. The van der Waals surface area contributed by atoms with Crippen molar-refractivity contribution >= 4 is 17.6 Å². The van der Waals surface area contributed by atoms with Crippen molar-refractivity contribution < 1.29 is 14.7 Å². The molecule has 1 N–H and O–H groups in total. The summed E-state index contributed by atoms with van der Waals surface area (Å²) in [6.45, 7) is 2.87. The first kappa shape index (κ1) is 18.5. The smallest absolute Gasteiger partial charge is 0.335 e. The van der Waals surface area contributed by atoms with Gasteiger partial charge >= 0.3 is 5.97 Å². The van der Waals surface area contributed by atoms with Gasteiger partial charge in [0, 0.05) is 25.3 Å². The van der Waals surface area contributed by atoms with Crippen LogP contribution >= 0.6 is 0 Å². The van der Waals surface area contributed by atoms with Crippen LogP contribution in [0.15, 0.2) is 48.5 Å². The lowest BCUT2D eigenvalue weighted by atomic mass is 9.88. The monoisotopic (exact) mass is 378 g/mol. The van der Waals surface area contributed by atoms with Crippen molar-refractivity contribution in [1.29, 1.82) is 0 Å². The molecule has 1 amide bonds. The number of likely N-dealkylation sites (tertiary alicyclic amines) is 1. The number of nitrogens with zero attached hydrogens (tertiary/aromatic N) is 2. The Morgan fingerprint density at radius 3 is 2.46 bits per heavy atom. The summed E-state index contributed by atoms with van der Waals surface area (Å²) < 4.78 is 0. The summed E-state index contributed by atoms with van der Waals surface area (Å²) in [6.07, 6.45) is 3.63. The fourth-order valence-electron chi connectivity index (χ4n) is 4.44. The van der Waals surface area contributed by atoms with Crippen LogP contribution in [0.1, 0.15) is 34.3 Å². The van der Waals surface area contributed by atoms with E-state index in [0.717, 1.165) is 50.9 Å². The fourth-order valence-corrected chi connectivity index (χ4v) is 4.44. The van der Waals surface area contributed by atoms with Crippen LogP contribution < -0.4 is 4.90 Å². The van der Waals surface area contributed by atoms with E-state index in [0.29, 0.717) is 18.0 Å². The number of amides is 1. The summed E-state index contributed by atoms with van der Waals surface area (Å²) >= 11 is 0. The second-order valence-electron chi connectivity index (χ2n) is 7.79. The topological polar surface area (TPSA) is 60.9 Å². The number of hydrogen-bond acceptors (Lipinski definition) is 3. The molecule has 2 aliphatic heterocycles. The lowest BCUT2D eigenvalue weighted by Gasteiger charge is -2.33. The molecule has 4 rings (SSSR count). The number of para-hydroxylation sites is 1. The molecule has 2 aromatic carbocycles. The average Bonchev–Trinajstić information content (AvgIpc) is 3.12. The number of rotatable bonds is 5. The van der Waals surface area contributed by atoms with E-state index in [1.54, 1.807) is 12.1 Å². The quantitative estimate of drug-likeness (QED) is 0.868. The molecule has 0 saturated carbocycles. The Hall–Kier alpha value is -2.82. The van der Waals surface area contributed by atoms with Crippen LogP contribution in [0.25, 0.3) is 0 Å². The Kier molecular flexibility index (Phi) is 5.33. The largest absolute Gasteiger partial charge is 0.478 e. The Morgan fingerprint density at radius 1 is 0.964 bits per heavy atom. The van der Waals surface area contributed by atoms with Crippen molar-refractivity contribution in [2.45, 2.75) is 25.7 Å². The molecule has 2 aromatic rings. The van der Waals surface area contributed by atoms with Crippen LogP contribution in [0.3, 0.4) is 0 Å². The van der Waals surface area contributed by atoms with Crippen molar-refractivity contribution in [3.05, 3.63) is 65.2 Å². The van der Waals surface area contributed by atoms with E-state index < -0.39 is 5.97 Å². The highest BCUT2D eigenvalue weighted by Gasteiger charge is 2.27. The zero-order valence-electron chi connectivity index (χ0n) is 16.0. The molecular weight excluding hydrogens is 352 g/mol. The molecule has 1 saturated heterocycles. The third-order valence-corrected chi connectivity index (χ3v) is 6.03. The van der Waals surface area contributed by atoms with Crippen molar-refractivity contribution in [2.75, 3.05) is 31.1 Å². The zero-order chi connectivity index (χ0) is 19.5. The Morgan fingerprint density at radius 2 is 1.68 bits per heavy atom. The van der Waals surface area contributed by atoms with Crippen LogP contribution in [-0.4, -0.2) is 48.1 Å². The van der Waals surface area contributed by atoms with Crippen molar-refractivity contribution in [1.82, 2.24) is 4.90 Å². The van der Waals surface area contributed by atoms with Crippen molar-refractivity contribution in [3.8, 4) is 0 Å². The van der Waals surface area contributed by atoms with Crippen LogP contribution in [0, 0.1) is 5.92 Å². The number of carboxylic acid groups (broad SMARTS) is 1. The molecule has 0 radical (unpaired) electrons. The molecule has 0 aliphatic carbocycles. The maximum absolute atomic E-state index is 12.8. The number of carbonyl (C=O) groups excluding carboxylic acids is 1. The molecule has 0 unspecified atom stereocenters. The van der Waals surface area contributed by atoms with Gasteiger partial charge < -0.3 is 14.9 Å². The molecule has 1 fully saturated rings. The minimum Gasteiger partial charge on any atom is -0.478 e. The maximum atomic E-state index is 12.8. The summed E-state index contributed by atoms with van der Waals surface area (Å²) in [7, 11) is 0. The van der Waals surface area contributed by atoms with Gasteiger partial charge in [0.15, 0.2) is 0 Å². The van der Waals surface area contributed by atoms with E-state index in [2.05, 4.69) is 23.1 Å². The Bertz CT molecular complexity index is 872. The Balaban J connectivity index is 1.31. The molecule has 2 heterocycles. The molecule has 0 atom stereocenters.